The lowest BCUT2D eigenvalue weighted by molar-refractivity contribution is -0.141. The number of amides is 1. The number of rotatable bonds is 4. The molecule has 0 spiro atoms. The molecule has 2 fully saturated rings. The SMILES string of the molecule is [2H]C([2H])([2H])Oc1cc2nc(N3CC([2H])([2H])N(C(=O)C4OC([2H])([2H])C([2H])([2H])C4([2H])[2H])C([2H])([2H])C3)nc(N)c2cc1OC([2H])([2H])[2H]. The molecule has 2 N–H and O–H groups in total. The van der Waals surface area contributed by atoms with Crippen molar-refractivity contribution in [2.45, 2.75) is 18.8 Å². The minimum atomic E-state index is -3.35. The van der Waals surface area contributed by atoms with E-state index in [2.05, 4.69) is 9.97 Å². The molecule has 0 bridgehead atoms. The molecular weight excluding hydrogens is 362 g/mol. The van der Waals surface area contributed by atoms with E-state index >= 15 is 0 Å². The van der Waals surface area contributed by atoms with Gasteiger partial charge in [-0.1, -0.05) is 0 Å². The van der Waals surface area contributed by atoms with Crippen LogP contribution in [0, 0.1) is 0 Å². The van der Waals surface area contributed by atoms with Gasteiger partial charge in [0.05, 0.1) is 36.0 Å². The quantitative estimate of drug-likeness (QED) is 0.808. The Morgan fingerprint density at radius 2 is 2.04 bits per heavy atom. The number of ether oxygens (including phenoxy) is 3. The summed E-state index contributed by atoms with van der Waals surface area (Å²) < 4.78 is 140. The van der Waals surface area contributed by atoms with Gasteiger partial charge in [-0.15, -0.1) is 0 Å². The number of carbonyl (C=O) groups excluding carboxylic acids is 1. The smallest absolute Gasteiger partial charge is 0.251 e. The summed E-state index contributed by atoms with van der Waals surface area (Å²) >= 11 is 0. The van der Waals surface area contributed by atoms with E-state index < -0.39 is 88.9 Å². The first-order chi connectivity index (χ1) is 19.6. The lowest BCUT2D eigenvalue weighted by atomic mass is 10.2. The second-order valence-electron chi connectivity index (χ2n) is 5.64. The maximum absolute atomic E-state index is 13.3. The van der Waals surface area contributed by atoms with Crippen molar-refractivity contribution >= 4 is 28.6 Å². The van der Waals surface area contributed by atoms with Crippen LogP contribution < -0.4 is 20.1 Å². The molecule has 1 aromatic carbocycles. The molecule has 3 heterocycles. The van der Waals surface area contributed by atoms with Crippen molar-refractivity contribution in [3.63, 3.8) is 0 Å². The highest BCUT2D eigenvalue weighted by Gasteiger charge is 2.31. The van der Waals surface area contributed by atoms with Crippen LogP contribution in [0.15, 0.2) is 12.1 Å². The molecule has 9 nitrogen and oxygen atoms in total. The van der Waals surface area contributed by atoms with E-state index in [0.717, 1.165) is 17.0 Å². The van der Waals surface area contributed by atoms with Crippen LogP contribution in [0.3, 0.4) is 0 Å². The molecule has 2 aliphatic heterocycles. The number of anilines is 2. The van der Waals surface area contributed by atoms with E-state index in [9.17, 15) is 4.79 Å². The number of aromatic nitrogens is 2. The molecule has 1 amide bonds. The number of nitrogens with two attached hydrogens (primary N) is 1. The van der Waals surface area contributed by atoms with Crippen LogP contribution in [0.25, 0.3) is 10.9 Å². The first-order valence-corrected chi connectivity index (χ1v) is 7.86. The van der Waals surface area contributed by atoms with Crippen LogP contribution >= 0.6 is 0 Å². The van der Waals surface area contributed by atoms with Gasteiger partial charge in [0, 0.05) is 49.6 Å². The molecule has 2 saturated heterocycles. The molecule has 2 aliphatic rings. The molecule has 0 aliphatic carbocycles. The van der Waals surface area contributed by atoms with Gasteiger partial charge in [-0.05, 0) is 18.8 Å². The number of fused-ring (bicyclic) bond motifs is 1. The number of carbonyl (C=O) groups is 1. The predicted octanol–water partition coefficient (Wildman–Crippen LogP) is 1.06. The van der Waals surface area contributed by atoms with E-state index in [1.807, 2.05) is 0 Å². The van der Waals surface area contributed by atoms with E-state index in [-0.39, 0.29) is 21.6 Å². The van der Waals surface area contributed by atoms with Gasteiger partial charge in [-0.2, -0.15) is 4.98 Å². The van der Waals surface area contributed by atoms with Gasteiger partial charge in [-0.3, -0.25) is 4.79 Å². The summed E-state index contributed by atoms with van der Waals surface area (Å²) in [6, 6.07) is 2.00. The zero-order chi connectivity index (χ0) is 33.6. The van der Waals surface area contributed by atoms with Crippen molar-refractivity contribution in [3.8, 4) is 11.5 Å². The number of methoxy groups -OCH3 is 2. The Labute approximate surface area is 185 Å². The molecule has 4 rings (SSSR count). The minimum Gasteiger partial charge on any atom is -0.493 e. The van der Waals surface area contributed by atoms with Crippen molar-refractivity contribution in [2.24, 2.45) is 0 Å². The Balaban J connectivity index is 1.73. The van der Waals surface area contributed by atoms with Gasteiger partial charge < -0.3 is 29.7 Å². The van der Waals surface area contributed by atoms with Gasteiger partial charge in [0.25, 0.3) is 5.91 Å². The Morgan fingerprint density at radius 3 is 2.71 bits per heavy atom. The molecule has 0 saturated carbocycles. The Bertz CT molecular complexity index is 1460. The summed E-state index contributed by atoms with van der Waals surface area (Å²) in [5.41, 5.74) is 5.90. The van der Waals surface area contributed by atoms with Crippen LogP contribution in [0.4, 0.5) is 11.8 Å². The first kappa shape index (κ1) is 7.55. The third-order valence-corrected chi connectivity index (χ3v) is 4.00. The van der Waals surface area contributed by atoms with E-state index in [1.165, 1.54) is 0 Å². The lowest BCUT2D eigenvalue weighted by Gasteiger charge is -2.35. The maximum atomic E-state index is 13.3. The van der Waals surface area contributed by atoms with Crippen molar-refractivity contribution < 1.29 is 40.9 Å². The van der Waals surface area contributed by atoms with Crippen LogP contribution in [0.5, 0.6) is 11.5 Å². The number of benzene rings is 1. The van der Waals surface area contributed by atoms with Crippen LogP contribution in [0.1, 0.15) is 34.7 Å². The molecule has 1 atom stereocenters. The minimum absolute atomic E-state index is 0.0155. The second-order valence-corrected chi connectivity index (χ2v) is 5.64. The fourth-order valence-corrected chi connectivity index (χ4v) is 2.61. The van der Waals surface area contributed by atoms with Crippen molar-refractivity contribution in [1.82, 2.24) is 14.9 Å². The largest absolute Gasteiger partial charge is 0.493 e. The molecule has 28 heavy (non-hydrogen) atoms. The molecular formula is C19H25N5O4. The Morgan fingerprint density at radius 1 is 1.29 bits per heavy atom. The maximum Gasteiger partial charge on any atom is 0.251 e. The third-order valence-electron chi connectivity index (χ3n) is 4.00. The monoisotopic (exact) mass is 403 g/mol. The second kappa shape index (κ2) is 7.67. The van der Waals surface area contributed by atoms with Crippen molar-refractivity contribution in [3.05, 3.63) is 12.1 Å². The number of hydrogen-bond acceptors (Lipinski definition) is 8. The summed E-state index contributed by atoms with van der Waals surface area (Å²) in [5, 5.41) is -0.0325. The highest BCUT2D eigenvalue weighted by atomic mass is 16.5. The third kappa shape index (κ3) is 3.37. The zero-order valence-corrected chi connectivity index (χ0v) is 14.1. The van der Waals surface area contributed by atoms with Gasteiger partial charge in [0.15, 0.2) is 11.5 Å². The van der Waals surface area contributed by atoms with Crippen LogP contribution in [-0.4, -0.2) is 73.6 Å². The average molecular weight is 404 g/mol. The van der Waals surface area contributed by atoms with Gasteiger partial charge in [-0.25, -0.2) is 4.98 Å². The Hall–Kier alpha value is -2.81. The highest BCUT2D eigenvalue weighted by Crippen LogP contribution is 2.34. The summed E-state index contributed by atoms with van der Waals surface area (Å²) in [5.74, 6) is -3.51. The molecule has 0 radical (unpaired) electrons. The Kier molecular flexibility index (Phi) is 2.07. The van der Waals surface area contributed by atoms with Gasteiger partial charge >= 0.3 is 0 Å². The van der Waals surface area contributed by atoms with E-state index in [1.54, 1.807) is 0 Å². The van der Waals surface area contributed by atoms with Gasteiger partial charge in [0.2, 0.25) is 5.95 Å². The zero-order valence-electron chi connectivity index (χ0n) is 30.1. The molecule has 9 heteroatoms. The topological polar surface area (TPSA) is 103 Å². The molecule has 150 valence electrons. The number of nitrogen functional groups attached to an aromatic ring is 1. The van der Waals surface area contributed by atoms with E-state index in [0.29, 0.717) is 0 Å². The summed E-state index contributed by atoms with van der Waals surface area (Å²) in [4.78, 5) is 22.5. The number of nitrogens with zero attached hydrogens (tertiary/aromatic N) is 4. The van der Waals surface area contributed by atoms with Crippen molar-refractivity contribution in [1.29, 1.82) is 0 Å². The molecule has 1 aromatic heterocycles. The van der Waals surface area contributed by atoms with Crippen LogP contribution in [-0.2, 0) is 9.53 Å². The first-order valence-electron chi connectivity index (χ1n) is 15.9. The summed E-state index contributed by atoms with van der Waals surface area (Å²) in [7, 11) is -6.06. The van der Waals surface area contributed by atoms with Crippen molar-refractivity contribution in [2.75, 3.05) is 57.4 Å². The highest BCUT2D eigenvalue weighted by molar-refractivity contribution is 5.91. The van der Waals surface area contributed by atoms with E-state index in [4.69, 9.17) is 41.9 Å². The number of hydrogen-bond donors (Lipinski definition) is 1. The fraction of sp³-hybridized carbons (Fsp3) is 0.526. The average Bonchev–Trinajstić information content (AvgIpc) is 2.91. The standard InChI is InChI=1S/C19H25N5O4/c1-26-15-10-12-13(11-16(15)27-2)21-19(22-17(12)20)24-7-5-23(6-8-24)18(25)14-4-3-9-28-14/h10-11,14H,3-9H2,1-2H3,(H2,20,21,22)/i1D3,2D3,3D2,4D2,5D2,6D2,9D2. The normalized spacial score (nSPS) is 38.2. The number of piperazine rings is 1. The molecule has 2 aromatic rings. The summed E-state index contributed by atoms with van der Waals surface area (Å²) in [6.07, 6.45) is -9.21. The molecule has 1 unspecified atom stereocenters. The van der Waals surface area contributed by atoms with Crippen LogP contribution in [0.2, 0.25) is 0 Å². The van der Waals surface area contributed by atoms with Gasteiger partial charge in [0.1, 0.15) is 11.9 Å². The fourth-order valence-electron chi connectivity index (χ4n) is 2.61. The summed E-state index contributed by atoms with van der Waals surface area (Å²) in [6.45, 7) is -10.9. The lowest BCUT2D eigenvalue weighted by Crippen LogP contribution is -2.51. The predicted molar refractivity (Wildman–Crippen MR) is 105 cm³/mol.